The Bertz CT molecular complexity index is 1060. The fourth-order valence-corrected chi connectivity index (χ4v) is 4.22. The number of amides is 2. The summed E-state index contributed by atoms with van der Waals surface area (Å²) in [6.07, 6.45) is 4.13. The van der Waals surface area contributed by atoms with Crippen LogP contribution in [0.25, 0.3) is 0 Å². The van der Waals surface area contributed by atoms with Crippen LogP contribution in [0, 0.1) is 0 Å². The van der Waals surface area contributed by atoms with Crippen LogP contribution in [0.3, 0.4) is 0 Å². The summed E-state index contributed by atoms with van der Waals surface area (Å²) < 4.78 is 0. The van der Waals surface area contributed by atoms with Gasteiger partial charge in [0.05, 0.1) is 5.56 Å². The van der Waals surface area contributed by atoms with E-state index in [0.717, 1.165) is 43.6 Å². The van der Waals surface area contributed by atoms with E-state index in [1.165, 1.54) is 5.56 Å². The Morgan fingerprint density at radius 1 is 0.788 bits per heavy atom. The molecule has 0 bridgehead atoms. The SMILES string of the molecule is O=C(CCc1ccccc1)Nc1ccc(N2CCCC2)c(C(=O)NCCc2ccccc2)c1. The first-order valence-electron chi connectivity index (χ1n) is 11.7. The molecule has 1 saturated heterocycles. The van der Waals surface area contributed by atoms with Gasteiger partial charge in [-0.1, -0.05) is 60.7 Å². The van der Waals surface area contributed by atoms with Gasteiger partial charge in [0.1, 0.15) is 0 Å². The number of benzene rings is 3. The predicted octanol–water partition coefficient (Wildman–Crippen LogP) is 4.83. The Labute approximate surface area is 195 Å². The first-order chi connectivity index (χ1) is 16.2. The van der Waals surface area contributed by atoms with Crippen LogP contribution in [0.5, 0.6) is 0 Å². The zero-order valence-corrected chi connectivity index (χ0v) is 18.9. The average molecular weight is 442 g/mol. The first-order valence-corrected chi connectivity index (χ1v) is 11.7. The molecule has 1 fully saturated rings. The van der Waals surface area contributed by atoms with Crippen molar-refractivity contribution in [3.8, 4) is 0 Å². The highest BCUT2D eigenvalue weighted by molar-refractivity contribution is 6.02. The molecule has 0 spiro atoms. The number of carbonyl (C=O) groups excluding carboxylic acids is 2. The van der Waals surface area contributed by atoms with Crippen molar-refractivity contribution in [2.45, 2.75) is 32.1 Å². The number of hydrogen-bond acceptors (Lipinski definition) is 3. The molecule has 1 heterocycles. The lowest BCUT2D eigenvalue weighted by atomic mass is 10.1. The van der Waals surface area contributed by atoms with E-state index in [4.69, 9.17) is 0 Å². The fraction of sp³-hybridized carbons (Fsp3) is 0.286. The van der Waals surface area contributed by atoms with E-state index in [1.807, 2.05) is 66.7 Å². The molecule has 170 valence electrons. The molecular weight excluding hydrogens is 410 g/mol. The molecule has 3 aromatic carbocycles. The van der Waals surface area contributed by atoms with Crippen LogP contribution in [0.4, 0.5) is 11.4 Å². The average Bonchev–Trinajstić information content (AvgIpc) is 3.39. The molecule has 2 N–H and O–H groups in total. The molecule has 4 rings (SSSR count). The molecule has 1 aliphatic heterocycles. The summed E-state index contributed by atoms with van der Waals surface area (Å²) in [4.78, 5) is 27.9. The Morgan fingerprint density at radius 3 is 2.09 bits per heavy atom. The largest absolute Gasteiger partial charge is 0.371 e. The van der Waals surface area contributed by atoms with Crippen LogP contribution in [0.2, 0.25) is 0 Å². The van der Waals surface area contributed by atoms with E-state index < -0.39 is 0 Å². The Balaban J connectivity index is 1.42. The van der Waals surface area contributed by atoms with Gasteiger partial charge in [0, 0.05) is 37.4 Å². The number of nitrogens with zero attached hydrogens (tertiary/aromatic N) is 1. The first kappa shape index (κ1) is 22.6. The topological polar surface area (TPSA) is 61.4 Å². The molecule has 1 aliphatic rings. The number of anilines is 2. The number of aryl methyl sites for hydroxylation is 1. The number of rotatable bonds is 9. The number of carbonyl (C=O) groups is 2. The molecule has 0 radical (unpaired) electrons. The van der Waals surface area contributed by atoms with E-state index >= 15 is 0 Å². The van der Waals surface area contributed by atoms with Crippen molar-refractivity contribution >= 4 is 23.2 Å². The third kappa shape index (κ3) is 6.45. The third-order valence-corrected chi connectivity index (χ3v) is 6.00. The summed E-state index contributed by atoms with van der Waals surface area (Å²) in [6.45, 7) is 2.47. The molecule has 0 aromatic heterocycles. The van der Waals surface area contributed by atoms with Gasteiger partial charge >= 0.3 is 0 Å². The van der Waals surface area contributed by atoms with E-state index in [2.05, 4.69) is 27.7 Å². The molecule has 2 amide bonds. The van der Waals surface area contributed by atoms with Crippen molar-refractivity contribution in [2.24, 2.45) is 0 Å². The Hall–Kier alpha value is -3.60. The zero-order valence-electron chi connectivity index (χ0n) is 18.9. The number of hydrogen-bond donors (Lipinski definition) is 2. The molecule has 0 unspecified atom stereocenters. The van der Waals surface area contributed by atoms with Gasteiger partial charge in [-0.25, -0.2) is 0 Å². The fourth-order valence-electron chi connectivity index (χ4n) is 4.22. The van der Waals surface area contributed by atoms with Crippen LogP contribution < -0.4 is 15.5 Å². The summed E-state index contributed by atoms with van der Waals surface area (Å²) >= 11 is 0. The standard InChI is InChI=1S/C28H31N3O2/c32-27(16-13-22-9-3-1-4-10-22)30-24-14-15-26(31-19-7-8-20-31)25(21-24)28(33)29-18-17-23-11-5-2-6-12-23/h1-6,9-12,14-15,21H,7-8,13,16-20H2,(H,29,33)(H,30,32). The van der Waals surface area contributed by atoms with Gasteiger partial charge < -0.3 is 15.5 Å². The van der Waals surface area contributed by atoms with E-state index in [0.29, 0.717) is 30.6 Å². The van der Waals surface area contributed by atoms with Crippen molar-refractivity contribution in [1.82, 2.24) is 5.32 Å². The summed E-state index contributed by atoms with van der Waals surface area (Å²) in [6, 6.07) is 25.8. The molecule has 0 atom stereocenters. The van der Waals surface area contributed by atoms with Crippen LogP contribution in [0.1, 0.15) is 40.7 Å². The van der Waals surface area contributed by atoms with Crippen LogP contribution in [0.15, 0.2) is 78.9 Å². The highest BCUT2D eigenvalue weighted by Crippen LogP contribution is 2.27. The van der Waals surface area contributed by atoms with Crippen molar-refractivity contribution in [2.75, 3.05) is 29.9 Å². The minimum absolute atomic E-state index is 0.0526. The normalized spacial score (nSPS) is 13.0. The van der Waals surface area contributed by atoms with Gasteiger partial charge in [-0.2, -0.15) is 0 Å². The molecule has 5 nitrogen and oxygen atoms in total. The highest BCUT2D eigenvalue weighted by Gasteiger charge is 2.20. The maximum atomic E-state index is 13.1. The quantitative estimate of drug-likeness (QED) is 0.500. The lowest BCUT2D eigenvalue weighted by Gasteiger charge is -2.22. The Kier molecular flexibility index (Phi) is 7.75. The van der Waals surface area contributed by atoms with E-state index in [9.17, 15) is 9.59 Å². The smallest absolute Gasteiger partial charge is 0.253 e. The lowest BCUT2D eigenvalue weighted by molar-refractivity contribution is -0.116. The second-order valence-electron chi connectivity index (χ2n) is 8.45. The van der Waals surface area contributed by atoms with Crippen molar-refractivity contribution in [3.05, 3.63) is 95.6 Å². The predicted molar refractivity (Wildman–Crippen MR) is 134 cm³/mol. The van der Waals surface area contributed by atoms with Crippen molar-refractivity contribution in [3.63, 3.8) is 0 Å². The summed E-state index contributed by atoms with van der Waals surface area (Å²) in [5, 5.41) is 6.03. The van der Waals surface area contributed by atoms with Gasteiger partial charge in [0.2, 0.25) is 5.91 Å². The molecule has 0 saturated carbocycles. The lowest BCUT2D eigenvalue weighted by Crippen LogP contribution is -2.29. The van der Waals surface area contributed by atoms with Crippen molar-refractivity contribution in [1.29, 1.82) is 0 Å². The maximum absolute atomic E-state index is 13.1. The summed E-state index contributed by atoms with van der Waals surface area (Å²) in [5.74, 6) is -0.156. The van der Waals surface area contributed by atoms with Gasteiger partial charge in [-0.05, 0) is 55.0 Å². The minimum Gasteiger partial charge on any atom is -0.371 e. The molecule has 0 aliphatic carbocycles. The van der Waals surface area contributed by atoms with Crippen molar-refractivity contribution < 1.29 is 9.59 Å². The number of nitrogens with one attached hydrogen (secondary N) is 2. The Morgan fingerprint density at radius 2 is 1.42 bits per heavy atom. The maximum Gasteiger partial charge on any atom is 0.253 e. The van der Waals surface area contributed by atoms with Gasteiger partial charge in [-0.3, -0.25) is 9.59 Å². The van der Waals surface area contributed by atoms with Crippen LogP contribution >= 0.6 is 0 Å². The molecular formula is C28H31N3O2. The van der Waals surface area contributed by atoms with Gasteiger partial charge in [-0.15, -0.1) is 0 Å². The molecule has 5 heteroatoms. The van der Waals surface area contributed by atoms with Gasteiger partial charge in [0.25, 0.3) is 5.91 Å². The van der Waals surface area contributed by atoms with E-state index in [-0.39, 0.29) is 11.8 Å². The van der Waals surface area contributed by atoms with Gasteiger partial charge in [0.15, 0.2) is 0 Å². The second kappa shape index (κ2) is 11.3. The van der Waals surface area contributed by atoms with Crippen LogP contribution in [-0.4, -0.2) is 31.4 Å². The highest BCUT2D eigenvalue weighted by atomic mass is 16.2. The molecule has 3 aromatic rings. The zero-order chi connectivity index (χ0) is 22.9. The third-order valence-electron chi connectivity index (χ3n) is 6.00. The van der Waals surface area contributed by atoms with E-state index in [1.54, 1.807) is 0 Å². The monoisotopic (exact) mass is 441 g/mol. The minimum atomic E-state index is -0.104. The summed E-state index contributed by atoms with van der Waals surface area (Å²) in [5.41, 5.74) is 4.54. The van der Waals surface area contributed by atoms with Crippen LogP contribution in [-0.2, 0) is 17.6 Å². The second-order valence-corrected chi connectivity index (χ2v) is 8.45. The molecule has 33 heavy (non-hydrogen) atoms. The summed E-state index contributed by atoms with van der Waals surface area (Å²) in [7, 11) is 0.